The molecule has 0 unspecified atom stereocenters. The predicted molar refractivity (Wildman–Crippen MR) is 72.6 cm³/mol. The van der Waals surface area contributed by atoms with Crippen molar-refractivity contribution in [2.45, 2.75) is 33.7 Å². The van der Waals surface area contributed by atoms with Gasteiger partial charge in [-0.2, -0.15) is 0 Å². The SMILES string of the molecule is CC(=O)N(C/C(C)=C\c1ccccc1)C(C)C. The van der Waals surface area contributed by atoms with Crippen LogP contribution in [0.15, 0.2) is 35.9 Å². The Labute approximate surface area is 104 Å². The van der Waals surface area contributed by atoms with Crippen molar-refractivity contribution in [1.82, 2.24) is 4.90 Å². The van der Waals surface area contributed by atoms with Gasteiger partial charge in [0.15, 0.2) is 0 Å². The number of hydrogen-bond donors (Lipinski definition) is 0. The largest absolute Gasteiger partial charge is 0.337 e. The fraction of sp³-hybridized carbons (Fsp3) is 0.400. The summed E-state index contributed by atoms with van der Waals surface area (Å²) in [6.07, 6.45) is 2.12. The first-order chi connectivity index (χ1) is 8.00. The highest BCUT2D eigenvalue weighted by molar-refractivity contribution is 5.74. The van der Waals surface area contributed by atoms with E-state index in [2.05, 4.69) is 25.1 Å². The summed E-state index contributed by atoms with van der Waals surface area (Å²) in [5, 5.41) is 0. The number of benzene rings is 1. The van der Waals surface area contributed by atoms with Crippen LogP contribution in [0.4, 0.5) is 0 Å². The molecule has 0 saturated heterocycles. The zero-order valence-electron chi connectivity index (χ0n) is 11.1. The first-order valence-corrected chi connectivity index (χ1v) is 6.00. The summed E-state index contributed by atoms with van der Waals surface area (Å²) in [5.74, 6) is 0.126. The third-order valence-corrected chi connectivity index (χ3v) is 2.66. The number of carbonyl (C=O) groups is 1. The lowest BCUT2D eigenvalue weighted by Gasteiger charge is -2.25. The highest BCUT2D eigenvalue weighted by atomic mass is 16.2. The first-order valence-electron chi connectivity index (χ1n) is 6.00. The topological polar surface area (TPSA) is 20.3 Å². The Balaban J connectivity index is 2.74. The molecule has 0 saturated carbocycles. The van der Waals surface area contributed by atoms with Gasteiger partial charge in [-0.1, -0.05) is 42.0 Å². The van der Waals surface area contributed by atoms with E-state index in [0.29, 0.717) is 6.54 Å². The molecule has 1 rings (SSSR count). The van der Waals surface area contributed by atoms with Gasteiger partial charge in [-0.3, -0.25) is 4.79 Å². The van der Waals surface area contributed by atoms with Gasteiger partial charge in [0.2, 0.25) is 5.91 Å². The van der Waals surface area contributed by atoms with E-state index in [9.17, 15) is 4.79 Å². The molecule has 1 amide bonds. The molecule has 2 heteroatoms. The van der Waals surface area contributed by atoms with Crippen LogP contribution in [0.3, 0.4) is 0 Å². The van der Waals surface area contributed by atoms with Crippen molar-refractivity contribution in [2.24, 2.45) is 0 Å². The van der Waals surface area contributed by atoms with Gasteiger partial charge < -0.3 is 4.90 Å². The Kier molecular flexibility index (Phi) is 4.95. The van der Waals surface area contributed by atoms with Gasteiger partial charge in [0, 0.05) is 19.5 Å². The average Bonchev–Trinajstić information content (AvgIpc) is 2.26. The lowest BCUT2D eigenvalue weighted by atomic mass is 10.1. The van der Waals surface area contributed by atoms with Crippen LogP contribution >= 0.6 is 0 Å². The van der Waals surface area contributed by atoms with Crippen LogP contribution in [0.5, 0.6) is 0 Å². The molecule has 0 bridgehead atoms. The van der Waals surface area contributed by atoms with Crippen LogP contribution in [-0.2, 0) is 4.79 Å². The van der Waals surface area contributed by atoms with Gasteiger partial charge in [0.1, 0.15) is 0 Å². The molecule has 17 heavy (non-hydrogen) atoms. The average molecular weight is 231 g/mol. The summed E-state index contributed by atoms with van der Waals surface area (Å²) in [6, 6.07) is 10.4. The molecule has 0 fully saturated rings. The van der Waals surface area contributed by atoms with Crippen molar-refractivity contribution in [2.75, 3.05) is 6.54 Å². The summed E-state index contributed by atoms with van der Waals surface area (Å²) >= 11 is 0. The summed E-state index contributed by atoms with van der Waals surface area (Å²) in [6.45, 7) is 8.46. The van der Waals surface area contributed by atoms with Crippen LogP contribution in [0, 0.1) is 0 Å². The van der Waals surface area contributed by atoms with Crippen molar-refractivity contribution >= 4 is 12.0 Å². The van der Waals surface area contributed by atoms with Gasteiger partial charge >= 0.3 is 0 Å². The molecule has 1 aromatic carbocycles. The molecule has 0 aliphatic rings. The van der Waals surface area contributed by atoms with E-state index in [1.165, 1.54) is 11.1 Å². The molecule has 1 aromatic rings. The minimum atomic E-state index is 0.126. The smallest absolute Gasteiger partial charge is 0.219 e. The molecule has 92 valence electrons. The van der Waals surface area contributed by atoms with E-state index in [1.54, 1.807) is 6.92 Å². The fourth-order valence-corrected chi connectivity index (χ4v) is 1.81. The van der Waals surface area contributed by atoms with Crippen LogP contribution < -0.4 is 0 Å². The summed E-state index contributed by atoms with van der Waals surface area (Å²) in [4.78, 5) is 13.3. The summed E-state index contributed by atoms with van der Waals surface area (Å²) in [5.41, 5.74) is 2.37. The van der Waals surface area contributed by atoms with E-state index in [-0.39, 0.29) is 11.9 Å². The van der Waals surface area contributed by atoms with E-state index < -0.39 is 0 Å². The third kappa shape index (κ3) is 4.43. The van der Waals surface area contributed by atoms with E-state index in [4.69, 9.17) is 0 Å². The Bertz CT molecular complexity index is 393. The third-order valence-electron chi connectivity index (χ3n) is 2.66. The molecular weight excluding hydrogens is 210 g/mol. The van der Waals surface area contributed by atoms with Gasteiger partial charge in [0.25, 0.3) is 0 Å². The second kappa shape index (κ2) is 6.24. The Hall–Kier alpha value is -1.57. The molecular formula is C15H21NO. The lowest BCUT2D eigenvalue weighted by Crippen LogP contribution is -2.36. The molecule has 0 spiro atoms. The molecule has 0 aliphatic heterocycles. The van der Waals surface area contributed by atoms with Crippen LogP contribution in [0.1, 0.15) is 33.3 Å². The number of carbonyl (C=O) groups excluding carboxylic acids is 1. The number of rotatable bonds is 4. The first kappa shape index (κ1) is 13.5. The predicted octanol–water partition coefficient (Wildman–Crippen LogP) is 3.35. The normalized spacial score (nSPS) is 11.7. The van der Waals surface area contributed by atoms with Crippen LogP contribution in [-0.4, -0.2) is 23.4 Å². The lowest BCUT2D eigenvalue weighted by molar-refractivity contribution is -0.129. The van der Waals surface area contributed by atoms with Crippen molar-refractivity contribution in [3.05, 3.63) is 41.5 Å². The quantitative estimate of drug-likeness (QED) is 0.778. The van der Waals surface area contributed by atoms with Gasteiger partial charge in [-0.15, -0.1) is 0 Å². The highest BCUT2D eigenvalue weighted by Crippen LogP contribution is 2.09. The zero-order valence-corrected chi connectivity index (χ0v) is 11.1. The maximum atomic E-state index is 11.5. The Morgan fingerprint density at radius 3 is 2.29 bits per heavy atom. The van der Waals surface area contributed by atoms with Crippen molar-refractivity contribution in [1.29, 1.82) is 0 Å². The summed E-state index contributed by atoms with van der Waals surface area (Å²) in [7, 11) is 0. The van der Waals surface area contributed by atoms with Crippen molar-refractivity contribution in [3.8, 4) is 0 Å². The van der Waals surface area contributed by atoms with Crippen molar-refractivity contribution in [3.63, 3.8) is 0 Å². The van der Waals surface area contributed by atoms with E-state index in [0.717, 1.165) is 0 Å². The van der Waals surface area contributed by atoms with E-state index in [1.807, 2.05) is 36.9 Å². The second-order valence-corrected chi connectivity index (χ2v) is 4.64. The monoisotopic (exact) mass is 231 g/mol. The maximum absolute atomic E-state index is 11.5. The minimum Gasteiger partial charge on any atom is -0.337 e. The molecule has 0 N–H and O–H groups in total. The van der Waals surface area contributed by atoms with Gasteiger partial charge in [-0.25, -0.2) is 0 Å². The number of amides is 1. The molecule has 0 radical (unpaired) electrons. The van der Waals surface area contributed by atoms with Gasteiger partial charge in [-0.05, 0) is 26.3 Å². The van der Waals surface area contributed by atoms with Gasteiger partial charge in [0.05, 0.1) is 0 Å². The Morgan fingerprint density at radius 2 is 1.82 bits per heavy atom. The van der Waals surface area contributed by atoms with Crippen molar-refractivity contribution < 1.29 is 4.79 Å². The van der Waals surface area contributed by atoms with Crippen LogP contribution in [0.25, 0.3) is 6.08 Å². The zero-order chi connectivity index (χ0) is 12.8. The number of nitrogens with zero attached hydrogens (tertiary/aromatic N) is 1. The molecule has 0 aromatic heterocycles. The molecule has 0 heterocycles. The van der Waals surface area contributed by atoms with E-state index >= 15 is 0 Å². The highest BCUT2D eigenvalue weighted by Gasteiger charge is 2.12. The standard InChI is InChI=1S/C15H21NO/c1-12(2)16(14(4)17)11-13(3)10-15-8-6-5-7-9-15/h5-10,12H,11H2,1-4H3/b13-10-. The Morgan fingerprint density at radius 1 is 1.24 bits per heavy atom. The number of hydrogen-bond acceptors (Lipinski definition) is 1. The summed E-state index contributed by atoms with van der Waals surface area (Å²) < 4.78 is 0. The second-order valence-electron chi connectivity index (χ2n) is 4.64. The van der Waals surface area contributed by atoms with Crippen LogP contribution in [0.2, 0.25) is 0 Å². The molecule has 0 atom stereocenters. The minimum absolute atomic E-state index is 0.126. The molecule has 0 aliphatic carbocycles. The maximum Gasteiger partial charge on any atom is 0.219 e. The molecule has 2 nitrogen and oxygen atoms in total. The fourth-order valence-electron chi connectivity index (χ4n) is 1.81.